The van der Waals surface area contributed by atoms with Crippen LogP contribution in [-0.4, -0.2) is 14.5 Å². The monoisotopic (exact) mass is 266 g/mol. The van der Waals surface area contributed by atoms with Crippen LogP contribution in [0.3, 0.4) is 0 Å². The fourth-order valence-electron chi connectivity index (χ4n) is 2.08. The first-order chi connectivity index (χ1) is 9.66. The second kappa shape index (κ2) is 4.58. The first-order valence-corrected chi connectivity index (χ1v) is 5.93. The second-order valence-electron chi connectivity index (χ2n) is 4.24. The van der Waals surface area contributed by atoms with Crippen LogP contribution in [0.5, 0.6) is 0 Å². The fourth-order valence-corrected chi connectivity index (χ4v) is 2.08. The van der Waals surface area contributed by atoms with Crippen LogP contribution in [-0.2, 0) is 0 Å². The van der Waals surface area contributed by atoms with Gasteiger partial charge in [0.2, 0.25) is 0 Å². The molecule has 2 aromatic carbocycles. The van der Waals surface area contributed by atoms with Crippen LogP contribution >= 0.6 is 0 Å². The summed E-state index contributed by atoms with van der Waals surface area (Å²) in [5, 5.41) is 18.7. The number of benzene rings is 2. The van der Waals surface area contributed by atoms with Gasteiger partial charge in [-0.15, -0.1) is 0 Å². The minimum atomic E-state index is -0.444. The number of para-hydroxylation sites is 2. The zero-order valence-corrected chi connectivity index (χ0v) is 10.4. The molecule has 0 atom stereocenters. The summed E-state index contributed by atoms with van der Waals surface area (Å²) in [6, 6.07) is 13.6. The fraction of sp³-hybridized carbons (Fsp3) is 0. The number of nitro groups is 1. The van der Waals surface area contributed by atoms with Crippen LogP contribution in [0.25, 0.3) is 16.7 Å². The van der Waals surface area contributed by atoms with Crippen molar-refractivity contribution < 1.29 is 4.92 Å². The summed E-state index contributed by atoms with van der Waals surface area (Å²) in [5.74, 6) is 0. The molecule has 3 aromatic rings. The number of rotatable bonds is 2. The van der Waals surface area contributed by atoms with E-state index in [1.54, 1.807) is 16.7 Å². The molecule has 6 nitrogen and oxygen atoms in total. The highest BCUT2D eigenvalue weighted by Crippen LogP contribution is 2.17. The number of nitrogens with one attached hydrogen (secondary N) is 1. The van der Waals surface area contributed by atoms with Crippen molar-refractivity contribution in [2.24, 2.45) is 0 Å². The average molecular weight is 266 g/mol. The van der Waals surface area contributed by atoms with Crippen LogP contribution in [0.4, 0.5) is 5.69 Å². The Hall–Kier alpha value is -3.02. The molecule has 0 aliphatic carbocycles. The van der Waals surface area contributed by atoms with Crippen LogP contribution < -0.4 is 5.49 Å². The topological polar surface area (TPSA) is 84.8 Å². The number of non-ortho nitro benzene ring substituents is 1. The van der Waals surface area contributed by atoms with Gasteiger partial charge < -0.3 is 0 Å². The standard InChI is InChI=1S/C14H10N4O2/c15-14-9-16-12-3-1-2-4-13(12)17(14)10-5-7-11(8-6-10)18(19)20/h1-9,15H. The van der Waals surface area contributed by atoms with Crippen molar-refractivity contribution in [3.8, 4) is 5.69 Å². The summed E-state index contributed by atoms with van der Waals surface area (Å²) in [5.41, 5.74) is 2.49. The minimum Gasteiger partial charge on any atom is -0.292 e. The second-order valence-corrected chi connectivity index (χ2v) is 4.24. The van der Waals surface area contributed by atoms with E-state index < -0.39 is 4.92 Å². The van der Waals surface area contributed by atoms with Gasteiger partial charge in [0.1, 0.15) is 5.49 Å². The van der Waals surface area contributed by atoms with Crippen molar-refractivity contribution in [3.05, 3.63) is 70.3 Å². The van der Waals surface area contributed by atoms with Gasteiger partial charge in [0, 0.05) is 17.8 Å². The number of nitro benzene ring substituents is 1. The van der Waals surface area contributed by atoms with E-state index in [2.05, 4.69) is 4.98 Å². The van der Waals surface area contributed by atoms with Gasteiger partial charge in [-0.2, -0.15) is 0 Å². The number of nitrogens with zero attached hydrogens (tertiary/aromatic N) is 3. The van der Waals surface area contributed by atoms with Crippen molar-refractivity contribution in [3.63, 3.8) is 0 Å². The molecule has 0 spiro atoms. The van der Waals surface area contributed by atoms with Gasteiger partial charge in [-0.3, -0.25) is 25.1 Å². The van der Waals surface area contributed by atoms with E-state index in [0.29, 0.717) is 5.69 Å². The molecule has 6 heteroatoms. The molecule has 0 fully saturated rings. The van der Waals surface area contributed by atoms with Gasteiger partial charge in [-0.1, -0.05) is 12.1 Å². The lowest BCUT2D eigenvalue weighted by Gasteiger charge is -2.10. The molecule has 0 saturated carbocycles. The smallest absolute Gasteiger partial charge is 0.269 e. The highest BCUT2D eigenvalue weighted by Gasteiger charge is 2.07. The predicted octanol–water partition coefficient (Wildman–Crippen LogP) is 2.41. The Kier molecular flexibility index (Phi) is 2.76. The molecular weight excluding hydrogens is 256 g/mol. The first kappa shape index (κ1) is 12.0. The molecule has 0 saturated heterocycles. The molecule has 0 bridgehead atoms. The van der Waals surface area contributed by atoms with E-state index in [1.807, 2.05) is 24.3 Å². The van der Waals surface area contributed by atoms with Gasteiger partial charge in [-0.25, -0.2) is 0 Å². The third-order valence-electron chi connectivity index (χ3n) is 3.01. The number of hydrogen-bond acceptors (Lipinski definition) is 4. The zero-order chi connectivity index (χ0) is 14.1. The van der Waals surface area contributed by atoms with Crippen LogP contribution in [0.1, 0.15) is 0 Å². The normalized spacial score (nSPS) is 10.6. The lowest BCUT2D eigenvalue weighted by Crippen LogP contribution is -2.18. The van der Waals surface area contributed by atoms with E-state index in [4.69, 9.17) is 5.41 Å². The molecule has 1 heterocycles. The van der Waals surface area contributed by atoms with Crippen molar-refractivity contribution in [2.75, 3.05) is 0 Å². The molecule has 0 amide bonds. The number of fused-ring (bicyclic) bond motifs is 1. The number of aromatic nitrogens is 2. The first-order valence-electron chi connectivity index (χ1n) is 5.93. The quantitative estimate of drug-likeness (QED) is 0.571. The maximum Gasteiger partial charge on any atom is 0.269 e. The Morgan fingerprint density at radius 1 is 1.10 bits per heavy atom. The Bertz CT molecular complexity index is 853. The van der Waals surface area contributed by atoms with Crippen molar-refractivity contribution in [1.29, 1.82) is 5.41 Å². The maximum atomic E-state index is 10.7. The molecule has 1 N–H and O–H groups in total. The lowest BCUT2D eigenvalue weighted by molar-refractivity contribution is -0.384. The Labute approximate surface area is 113 Å². The van der Waals surface area contributed by atoms with Gasteiger partial charge in [0.15, 0.2) is 0 Å². The maximum absolute atomic E-state index is 10.7. The van der Waals surface area contributed by atoms with Gasteiger partial charge >= 0.3 is 0 Å². The molecule has 0 aliphatic rings. The third-order valence-corrected chi connectivity index (χ3v) is 3.01. The Balaban J connectivity index is 2.26. The van der Waals surface area contributed by atoms with Gasteiger partial charge in [0.25, 0.3) is 5.69 Å². The Morgan fingerprint density at radius 2 is 1.80 bits per heavy atom. The highest BCUT2D eigenvalue weighted by molar-refractivity contribution is 5.76. The highest BCUT2D eigenvalue weighted by atomic mass is 16.6. The summed E-state index contributed by atoms with van der Waals surface area (Å²) in [6.07, 6.45) is 1.46. The van der Waals surface area contributed by atoms with E-state index in [1.165, 1.54) is 18.3 Å². The SMILES string of the molecule is N=c1cnc2ccccc2n1-c1ccc([N+](=O)[O-])cc1. The van der Waals surface area contributed by atoms with E-state index >= 15 is 0 Å². The molecule has 3 rings (SSSR count). The molecule has 0 aliphatic heterocycles. The zero-order valence-electron chi connectivity index (χ0n) is 10.4. The van der Waals surface area contributed by atoms with Crippen LogP contribution in [0.15, 0.2) is 54.7 Å². The summed E-state index contributed by atoms with van der Waals surface area (Å²) >= 11 is 0. The molecule has 0 radical (unpaired) electrons. The lowest BCUT2D eigenvalue weighted by atomic mass is 10.2. The van der Waals surface area contributed by atoms with E-state index in [9.17, 15) is 10.1 Å². The predicted molar refractivity (Wildman–Crippen MR) is 73.6 cm³/mol. The molecular formula is C14H10N4O2. The van der Waals surface area contributed by atoms with Crippen molar-refractivity contribution in [1.82, 2.24) is 9.55 Å². The molecule has 0 unspecified atom stereocenters. The van der Waals surface area contributed by atoms with Crippen LogP contribution in [0.2, 0.25) is 0 Å². The summed E-state index contributed by atoms with van der Waals surface area (Å²) in [6.45, 7) is 0. The Morgan fingerprint density at radius 3 is 2.50 bits per heavy atom. The van der Waals surface area contributed by atoms with Gasteiger partial charge in [0.05, 0.1) is 22.2 Å². The third kappa shape index (κ3) is 1.93. The van der Waals surface area contributed by atoms with Crippen LogP contribution in [0, 0.1) is 15.5 Å². The summed E-state index contributed by atoms with van der Waals surface area (Å²) < 4.78 is 1.70. The average Bonchev–Trinajstić information content (AvgIpc) is 2.47. The van der Waals surface area contributed by atoms with E-state index in [0.717, 1.165) is 11.0 Å². The molecule has 1 aromatic heterocycles. The molecule has 98 valence electrons. The van der Waals surface area contributed by atoms with Gasteiger partial charge in [-0.05, 0) is 24.3 Å². The molecule has 20 heavy (non-hydrogen) atoms. The summed E-state index contributed by atoms with van der Waals surface area (Å²) in [4.78, 5) is 14.4. The number of hydrogen-bond donors (Lipinski definition) is 1. The van der Waals surface area contributed by atoms with Crippen molar-refractivity contribution in [2.45, 2.75) is 0 Å². The minimum absolute atomic E-state index is 0.0271. The summed E-state index contributed by atoms with van der Waals surface area (Å²) in [7, 11) is 0. The largest absolute Gasteiger partial charge is 0.292 e. The van der Waals surface area contributed by atoms with E-state index in [-0.39, 0.29) is 11.2 Å². The van der Waals surface area contributed by atoms with Crippen molar-refractivity contribution >= 4 is 16.7 Å².